The van der Waals surface area contributed by atoms with Crippen LogP contribution in [0.4, 0.5) is 0 Å². The van der Waals surface area contributed by atoms with Gasteiger partial charge in [-0.2, -0.15) is 20.2 Å². The lowest BCUT2D eigenvalue weighted by molar-refractivity contribution is 0.885. The van der Waals surface area contributed by atoms with Crippen molar-refractivity contribution >= 4 is 11.6 Å². The molecule has 0 unspecified atom stereocenters. The molecule has 4 aromatic rings. The first-order valence-corrected chi connectivity index (χ1v) is 6.82. The van der Waals surface area contributed by atoms with Crippen LogP contribution in [0.15, 0.2) is 24.8 Å². The van der Waals surface area contributed by atoms with Crippen LogP contribution in [0.25, 0.3) is 11.6 Å². The molecule has 22 heavy (non-hydrogen) atoms. The fourth-order valence-corrected chi connectivity index (χ4v) is 2.23. The molecule has 0 aliphatic heterocycles. The second-order valence-corrected chi connectivity index (χ2v) is 5.02. The van der Waals surface area contributed by atoms with Crippen molar-refractivity contribution in [1.82, 2.24) is 39.2 Å². The van der Waals surface area contributed by atoms with Gasteiger partial charge in [-0.1, -0.05) is 0 Å². The fraction of sp³-hybridized carbons (Fsp3) is 0.286. The lowest BCUT2D eigenvalue weighted by Crippen LogP contribution is -1.97. The highest BCUT2D eigenvalue weighted by Crippen LogP contribution is 2.02. The van der Waals surface area contributed by atoms with Crippen molar-refractivity contribution in [3.8, 4) is 0 Å². The number of fused-ring (bicyclic) bond motifs is 2. The number of hydrogen-bond donors (Lipinski definition) is 0. The highest BCUT2D eigenvalue weighted by Gasteiger charge is 2.00. The van der Waals surface area contributed by atoms with Gasteiger partial charge in [0.05, 0.1) is 0 Å². The Bertz CT molecular complexity index is 858. The van der Waals surface area contributed by atoms with Gasteiger partial charge in [0.2, 0.25) is 0 Å². The summed E-state index contributed by atoms with van der Waals surface area (Å²) in [5.74, 6) is 1.34. The Morgan fingerprint density at radius 3 is 1.50 bits per heavy atom. The molecule has 0 bridgehead atoms. The Balaban J connectivity index is 0.000000131. The first-order chi connectivity index (χ1) is 10.5. The summed E-state index contributed by atoms with van der Waals surface area (Å²) in [6.07, 6.45) is 3.02. The molecule has 0 fully saturated rings. The van der Waals surface area contributed by atoms with E-state index in [-0.39, 0.29) is 0 Å². The van der Waals surface area contributed by atoms with Crippen molar-refractivity contribution in [2.45, 2.75) is 27.7 Å². The average Bonchev–Trinajstić information content (AvgIpc) is 3.07. The molecule has 8 nitrogen and oxygen atoms in total. The zero-order chi connectivity index (χ0) is 15.7. The fourth-order valence-electron chi connectivity index (χ4n) is 2.23. The summed E-state index contributed by atoms with van der Waals surface area (Å²) in [6.45, 7) is 7.86. The van der Waals surface area contributed by atoms with Crippen LogP contribution in [0.5, 0.6) is 0 Å². The van der Waals surface area contributed by atoms with E-state index >= 15 is 0 Å². The Morgan fingerprint density at radius 2 is 1.09 bits per heavy atom. The van der Waals surface area contributed by atoms with Gasteiger partial charge in [-0.25, -0.2) is 19.0 Å². The minimum Gasteiger partial charge on any atom is -0.216 e. The van der Waals surface area contributed by atoms with Crippen LogP contribution in [0, 0.1) is 27.7 Å². The van der Waals surface area contributed by atoms with Gasteiger partial charge in [0.1, 0.15) is 12.7 Å². The molecule has 0 atom stereocenters. The third-order valence-corrected chi connectivity index (χ3v) is 3.12. The van der Waals surface area contributed by atoms with Crippen LogP contribution in [0.2, 0.25) is 0 Å². The van der Waals surface area contributed by atoms with Crippen molar-refractivity contribution in [3.05, 3.63) is 47.6 Å². The standard InChI is InChI=1S/2C7H8N4/c2*1-5-3-6(2)11-7(10-5)8-4-9-11/h2*3-4H,1-2H3. The third kappa shape index (κ3) is 2.62. The van der Waals surface area contributed by atoms with Gasteiger partial charge in [0, 0.05) is 22.8 Å². The molecule has 0 N–H and O–H groups in total. The molecular weight excluding hydrogens is 280 g/mol. The van der Waals surface area contributed by atoms with Crippen molar-refractivity contribution < 1.29 is 0 Å². The molecule has 0 aromatic carbocycles. The lowest BCUT2D eigenvalue weighted by Gasteiger charge is -1.97. The van der Waals surface area contributed by atoms with Gasteiger partial charge in [0.25, 0.3) is 11.6 Å². The van der Waals surface area contributed by atoms with E-state index in [1.165, 1.54) is 12.7 Å². The predicted octanol–water partition coefficient (Wildman–Crippen LogP) is 1.48. The Labute approximate surface area is 126 Å². The number of nitrogens with zero attached hydrogens (tertiary/aromatic N) is 8. The molecule has 0 amide bonds. The number of aromatic nitrogens is 8. The number of rotatable bonds is 0. The molecule has 0 aliphatic rings. The summed E-state index contributed by atoms with van der Waals surface area (Å²) in [7, 11) is 0. The van der Waals surface area contributed by atoms with E-state index in [1.54, 1.807) is 9.03 Å². The highest BCUT2D eigenvalue weighted by molar-refractivity contribution is 5.29. The summed E-state index contributed by atoms with van der Waals surface area (Å²) < 4.78 is 3.43. The second-order valence-electron chi connectivity index (χ2n) is 5.02. The van der Waals surface area contributed by atoms with Gasteiger partial charge in [-0.3, -0.25) is 0 Å². The normalized spacial score (nSPS) is 10.7. The van der Waals surface area contributed by atoms with E-state index in [0.717, 1.165) is 22.8 Å². The van der Waals surface area contributed by atoms with Gasteiger partial charge in [0.15, 0.2) is 0 Å². The smallest absolute Gasteiger partial charge is 0.216 e. The molecule has 4 heterocycles. The van der Waals surface area contributed by atoms with Gasteiger partial charge in [-0.05, 0) is 39.8 Å². The van der Waals surface area contributed by atoms with E-state index in [9.17, 15) is 0 Å². The molecular formula is C14H16N8. The molecule has 0 saturated heterocycles. The first kappa shape index (κ1) is 14.1. The average molecular weight is 296 g/mol. The van der Waals surface area contributed by atoms with Crippen LogP contribution in [0.1, 0.15) is 22.8 Å². The van der Waals surface area contributed by atoms with E-state index in [4.69, 9.17) is 0 Å². The topological polar surface area (TPSA) is 86.2 Å². The van der Waals surface area contributed by atoms with Crippen LogP contribution in [-0.4, -0.2) is 39.2 Å². The Kier molecular flexibility index (Phi) is 3.50. The Morgan fingerprint density at radius 1 is 0.682 bits per heavy atom. The van der Waals surface area contributed by atoms with Crippen LogP contribution < -0.4 is 0 Å². The number of hydrogen-bond acceptors (Lipinski definition) is 6. The van der Waals surface area contributed by atoms with Crippen molar-refractivity contribution in [2.24, 2.45) is 0 Å². The molecule has 0 aliphatic carbocycles. The maximum atomic E-state index is 4.19. The zero-order valence-electron chi connectivity index (χ0n) is 12.9. The summed E-state index contributed by atoms with van der Waals surface area (Å²) in [6, 6.07) is 3.95. The Hall–Kier alpha value is -2.90. The monoisotopic (exact) mass is 296 g/mol. The van der Waals surface area contributed by atoms with Gasteiger partial charge < -0.3 is 0 Å². The summed E-state index contributed by atoms with van der Waals surface area (Å²) in [5.41, 5.74) is 4.07. The largest absolute Gasteiger partial charge is 0.252 e. The van der Waals surface area contributed by atoms with E-state index in [0.29, 0.717) is 11.6 Å². The van der Waals surface area contributed by atoms with Crippen molar-refractivity contribution in [2.75, 3.05) is 0 Å². The summed E-state index contributed by atoms with van der Waals surface area (Å²) >= 11 is 0. The minimum absolute atomic E-state index is 0.669. The highest BCUT2D eigenvalue weighted by atomic mass is 15.3. The maximum absolute atomic E-state index is 4.19. The third-order valence-electron chi connectivity index (χ3n) is 3.12. The predicted molar refractivity (Wildman–Crippen MR) is 80.5 cm³/mol. The SMILES string of the molecule is Cc1cc(C)n2ncnc2n1.Cc1cc(C)n2ncnc2n1. The molecule has 4 rings (SSSR count). The molecule has 112 valence electrons. The lowest BCUT2D eigenvalue weighted by atomic mass is 10.4. The summed E-state index contributed by atoms with van der Waals surface area (Å²) in [4.78, 5) is 16.3. The van der Waals surface area contributed by atoms with Gasteiger partial charge in [-0.15, -0.1) is 0 Å². The van der Waals surface area contributed by atoms with Crippen LogP contribution in [0.3, 0.4) is 0 Å². The molecule has 4 aromatic heterocycles. The molecule has 8 heteroatoms. The second kappa shape index (κ2) is 5.47. The maximum Gasteiger partial charge on any atom is 0.252 e. The van der Waals surface area contributed by atoms with Crippen LogP contribution in [-0.2, 0) is 0 Å². The van der Waals surface area contributed by atoms with Crippen molar-refractivity contribution in [1.29, 1.82) is 0 Å². The van der Waals surface area contributed by atoms with E-state index in [2.05, 4.69) is 30.1 Å². The van der Waals surface area contributed by atoms with Crippen molar-refractivity contribution in [3.63, 3.8) is 0 Å². The first-order valence-electron chi connectivity index (χ1n) is 6.82. The van der Waals surface area contributed by atoms with Crippen LogP contribution >= 0.6 is 0 Å². The van der Waals surface area contributed by atoms with E-state index in [1.807, 2.05) is 39.8 Å². The van der Waals surface area contributed by atoms with E-state index < -0.39 is 0 Å². The number of aryl methyl sites for hydroxylation is 4. The zero-order valence-corrected chi connectivity index (χ0v) is 12.9. The molecule has 0 spiro atoms. The quantitative estimate of drug-likeness (QED) is 0.488. The van der Waals surface area contributed by atoms with Gasteiger partial charge >= 0.3 is 0 Å². The molecule has 0 radical (unpaired) electrons. The molecule has 0 saturated carbocycles. The minimum atomic E-state index is 0.669. The summed E-state index contributed by atoms with van der Waals surface area (Å²) in [5, 5.41) is 8.00.